The van der Waals surface area contributed by atoms with Gasteiger partial charge in [0.15, 0.2) is 5.65 Å². The van der Waals surface area contributed by atoms with Crippen molar-refractivity contribution in [3.63, 3.8) is 0 Å². The Bertz CT molecular complexity index is 579. The number of unbranched alkanes of at least 4 members (excludes halogenated alkanes) is 1. The van der Waals surface area contributed by atoms with Crippen LogP contribution in [0.2, 0.25) is 5.02 Å². The van der Waals surface area contributed by atoms with Gasteiger partial charge in [0, 0.05) is 12.7 Å². The minimum absolute atomic E-state index is 0.146. The second-order valence-electron chi connectivity index (χ2n) is 4.08. The number of aryl methyl sites for hydroxylation is 1. The normalized spacial score (nSPS) is 12.3. The van der Waals surface area contributed by atoms with Gasteiger partial charge in [-0.05, 0) is 25.5 Å². The molecule has 0 saturated heterocycles. The number of hydrogen-bond donors (Lipinski definition) is 1. The minimum Gasteiger partial charge on any atom is -0.330 e. The second-order valence-corrected chi connectivity index (χ2v) is 4.51. The van der Waals surface area contributed by atoms with Gasteiger partial charge in [0.25, 0.3) is 0 Å². The lowest BCUT2D eigenvalue weighted by molar-refractivity contribution is -0.147. The highest BCUT2D eigenvalue weighted by Crippen LogP contribution is 2.31. The van der Waals surface area contributed by atoms with E-state index in [0.717, 1.165) is 4.57 Å². The van der Waals surface area contributed by atoms with Crippen LogP contribution in [0.4, 0.5) is 13.2 Å². The number of halogens is 4. The highest BCUT2D eigenvalue weighted by molar-refractivity contribution is 6.31. The first-order valence-electron chi connectivity index (χ1n) is 5.72. The largest absolute Gasteiger partial charge is 0.449 e. The summed E-state index contributed by atoms with van der Waals surface area (Å²) in [6.45, 7) is 0.615. The Hall–Kier alpha value is -1.34. The fourth-order valence-electron chi connectivity index (χ4n) is 1.83. The zero-order valence-electron chi connectivity index (χ0n) is 9.91. The van der Waals surface area contributed by atoms with Gasteiger partial charge >= 0.3 is 6.18 Å². The molecular formula is C11H12ClF3N4. The van der Waals surface area contributed by atoms with E-state index in [-0.39, 0.29) is 22.7 Å². The number of pyridine rings is 1. The van der Waals surface area contributed by atoms with Crippen LogP contribution in [0.5, 0.6) is 0 Å². The lowest BCUT2D eigenvalue weighted by Crippen LogP contribution is -2.16. The van der Waals surface area contributed by atoms with Crippen molar-refractivity contribution in [3.8, 4) is 0 Å². The smallest absolute Gasteiger partial charge is 0.330 e. The summed E-state index contributed by atoms with van der Waals surface area (Å²) >= 11 is 5.71. The molecule has 0 amide bonds. The average molecular weight is 293 g/mol. The van der Waals surface area contributed by atoms with Gasteiger partial charge in [-0.25, -0.2) is 9.97 Å². The molecule has 0 fully saturated rings. The molecule has 2 rings (SSSR count). The van der Waals surface area contributed by atoms with Crippen LogP contribution >= 0.6 is 11.6 Å². The van der Waals surface area contributed by atoms with E-state index in [1.807, 2.05) is 0 Å². The SMILES string of the molecule is NCCCCn1c(C(F)(F)F)nc2cc(Cl)cnc21. The molecular weight excluding hydrogens is 281 g/mol. The molecule has 0 aromatic carbocycles. The second kappa shape index (κ2) is 5.34. The number of alkyl halides is 3. The summed E-state index contributed by atoms with van der Waals surface area (Å²) in [7, 11) is 0. The number of rotatable bonds is 4. The molecule has 104 valence electrons. The number of hydrogen-bond acceptors (Lipinski definition) is 3. The third-order valence-electron chi connectivity index (χ3n) is 2.64. The van der Waals surface area contributed by atoms with E-state index in [1.165, 1.54) is 12.3 Å². The molecule has 0 bridgehead atoms. The predicted octanol–water partition coefficient (Wildman–Crippen LogP) is 2.84. The lowest BCUT2D eigenvalue weighted by Gasteiger charge is -2.10. The molecule has 0 spiro atoms. The highest BCUT2D eigenvalue weighted by atomic mass is 35.5. The summed E-state index contributed by atoms with van der Waals surface area (Å²) < 4.78 is 39.9. The molecule has 2 aromatic rings. The molecule has 2 aromatic heterocycles. The molecule has 4 nitrogen and oxygen atoms in total. The average Bonchev–Trinajstić information content (AvgIpc) is 2.67. The zero-order chi connectivity index (χ0) is 14.0. The summed E-state index contributed by atoms with van der Waals surface area (Å²) in [5.74, 6) is -0.950. The van der Waals surface area contributed by atoms with E-state index >= 15 is 0 Å². The van der Waals surface area contributed by atoms with Crippen molar-refractivity contribution in [3.05, 3.63) is 23.1 Å². The van der Waals surface area contributed by atoms with Gasteiger partial charge < -0.3 is 10.3 Å². The van der Waals surface area contributed by atoms with Crippen molar-refractivity contribution < 1.29 is 13.2 Å². The Morgan fingerprint density at radius 2 is 2.05 bits per heavy atom. The van der Waals surface area contributed by atoms with Crippen LogP contribution in [-0.2, 0) is 12.7 Å². The Kier molecular flexibility index (Phi) is 3.96. The molecule has 0 radical (unpaired) electrons. The molecule has 0 saturated carbocycles. The van der Waals surface area contributed by atoms with Crippen molar-refractivity contribution in [2.45, 2.75) is 25.6 Å². The first kappa shape index (κ1) is 14.1. The van der Waals surface area contributed by atoms with Crippen LogP contribution in [0.15, 0.2) is 12.3 Å². The topological polar surface area (TPSA) is 56.7 Å². The number of nitrogens with zero attached hydrogens (tertiary/aromatic N) is 3. The van der Waals surface area contributed by atoms with Gasteiger partial charge in [-0.15, -0.1) is 0 Å². The predicted molar refractivity (Wildman–Crippen MR) is 65.8 cm³/mol. The number of nitrogens with two attached hydrogens (primary N) is 1. The first-order chi connectivity index (χ1) is 8.93. The van der Waals surface area contributed by atoms with Gasteiger partial charge in [0.2, 0.25) is 5.82 Å². The minimum atomic E-state index is -4.52. The Balaban J connectivity index is 2.49. The summed E-state index contributed by atoms with van der Waals surface area (Å²) in [5.41, 5.74) is 5.68. The third kappa shape index (κ3) is 2.98. The standard InChI is InChI=1S/C11H12ClF3N4/c12-7-5-8-9(17-6-7)19(4-2-1-3-16)10(18-8)11(13,14)15/h5-6H,1-4,16H2. The Labute approximate surface area is 112 Å². The fraction of sp³-hybridized carbons (Fsp3) is 0.455. The van der Waals surface area contributed by atoms with Gasteiger partial charge in [0.1, 0.15) is 5.52 Å². The van der Waals surface area contributed by atoms with Crippen molar-refractivity contribution in [2.75, 3.05) is 6.54 Å². The van der Waals surface area contributed by atoms with Crippen molar-refractivity contribution in [2.24, 2.45) is 5.73 Å². The van der Waals surface area contributed by atoms with Crippen LogP contribution in [0.3, 0.4) is 0 Å². The van der Waals surface area contributed by atoms with E-state index < -0.39 is 12.0 Å². The van der Waals surface area contributed by atoms with E-state index in [1.54, 1.807) is 0 Å². The van der Waals surface area contributed by atoms with Crippen LogP contribution in [0.25, 0.3) is 11.2 Å². The molecule has 8 heteroatoms. The van der Waals surface area contributed by atoms with E-state index in [2.05, 4.69) is 9.97 Å². The van der Waals surface area contributed by atoms with Crippen molar-refractivity contribution in [1.29, 1.82) is 0 Å². The first-order valence-corrected chi connectivity index (χ1v) is 6.10. The van der Waals surface area contributed by atoms with Crippen LogP contribution < -0.4 is 5.73 Å². The highest BCUT2D eigenvalue weighted by Gasteiger charge is 2.37. The Morgan fingerprint density at radius 1 is 1.32 bits per heavy atom. The monoisotopic (exact) mass is 292 g/mol. The molecule has 0 aliphatic rings. The van der Waals surface area contributed by atoms with Crippen LogP contribution in [-0.4, -0.2) is 21.1 Å². The van der Waals surface area contributed by atoms with Gasteiger partial charge in [-0.2, -0.15) is 13.2 Å². The summed E-state index contributed by atoms with van der Waals surface area (Å²) in [6, 6.07) is 1.37. The molecule has 0 atom stereocenters. The van der Waals surface area contributed by atoms with Gasteiger partial charge in [0.05, 0.1) is 5.02 Å². The summed E-state index contributed by atoms with van der Waals surface area (Å²) in [4.78, 5) is 7.51. The van der Waals surface area contributed by atoms with Crippen molar-refractivity contribution in [1.82, 2.24) is 14.5 Å². The Morgan fingerprint density at radius 3 is 2.68 bits per heavy atom. The lowest BCUT2D eigenvalue weighted by atomic mass is 10.3. The maximum Gasteiger partial charge on any atom is 0.449 e. The van der Waals surface area contributed by atoms with Crippen molar-refractivity contribution >= 4 is 22.8 Å². The zero-order valence-corrected chi connectivity index (χ0v) is 10.7. The molecule has 0 aliphatic heterocycles. The summed E-state index contributed by atoms with van der Waals surface area (Å²) in [5, 5.41) is 0.257. The van der Waals surface area contributed by atoms with E-state index in [0.29, 0.717) is 19.4 Å². The van der Waals surface area contributed by atoms with Crippen LogP contribution in [0, 0.1) is 0 Å². The molecule has 0 unspecified atom stereocenters. The van der Waals surface area contributed by atoms with Crippen LogP contribution in [0.1, 0.15) is 18.7 Å². The molecule has 19 heavy (non-hydrogen) atoms. The maximum absolute atomic E-state index is 12.9. The molecule has 2 heterocycles. The molecule has 0 aliphatic carbocycles. The molecule has 2 N–H and O–H groups in total. The van der Waals surface area contributed by atoms with Gasteiger partial charge in [-0.1, -0.05) is 11.6 Å². The number of aromatic nitrogens is 3. The number of fused-ring (bicyclic) bond motifs is 1. The number of imidazole rings is 1. The quantitative estimate of drug-likeness (QED) is 0.882. The summed E-state index contributed by atoms with van der Waals surface area (Å²) in [6.07, 6.45) is -2.03. The van der Waals surface area contributed by atoms with Gasteiger partial charge in [-0.3, -0.25) is 0 Å². The maximum atomic E-state index is 12.9. The van der Waals surface area contributed by atoms with E-state index in [4.69, 9.17) is 17.3 Å². The third-order valence-corrected chi connectivity index (χ3v) is 2.85. The fourth-order valence-corrected chi connectivity index (χ4v) is 1.98. The van der Waals surface area contributed by atoms with E-state index in [9.17, 15) is 13.2 Å².